The van der Waals surface area contributed by atoms with E-state index >= 15 is 0 Å². The second-order valence-corrected chi connectivity index (χ2v) is 3.24. The molecular formula is C10H10ClFN2. The summed E-state index contributed by atoms with van der Waals surface area (Å²) in [6.07, 6.45) is 0.738. The van der Waals surface area contributed by atoms with Crippen LogP contribution in [0.25, 0.3) is 0 Å². The molecule has 1 rings (SSSR count). The number of rotatable bonds is 4. The third kappa shape index (κ3) is 3.33. The van der Waals surface area contributed by atoms with Gasteiger partial charge in [-0.15, -0.1) is 0 Å². The summed E-state index contributed by atoms with van der Waals surface area (Å²) >= 11 is 5.61. The third-order valence-electron chi connectivity index (χ3n) is 1.78. The van der Waals surface area contributed by atoms with Gasteiger partial charge in [-0.3, -0.25) is 0 Å². The standard InChI is InChI=1S/C10H10ClFN2/c11-9-7-8(1-2-10(9)12)3-5-14-6-4-13/h1-2,7,14H,3,5-6H2. The predicted molar refractivity (Wildman–Crippen MR) is 53.6 cm³/mol. The Kier molecular flexibility index (Phi) is 4.37. The first kappa shape index (κ1) is 11.0. The van der Waals surface area contributed by atoms with Crippen molar-refractivity contribution in [1.82, 2.24) is 5.32 Å². The zero-order valence-corrected chi connectivity index (χ0v) is 8.31. The summed E-state index contributed by atoms with van der Waals surface area (Å²) < 4.78 is 12.8. The first-order chi connectivity index (χ1) is 6.74. The van der Waals surface area contributed by atoms with Crippen LogP contribution in [0.1, 0.15) is 5.56 Å². The van der Waals surface area contributed by atoms with Gasteiger partial charge in [-0.2, -0.15) is 5.26 Å². The SMILES string of the molecule is N#CCNCCc1ccc(F)c(Cl)c1. The summed E-state index contributed by atoms with van der Waals surface area (Å²) in [7, 11) is 0. The van der Waals surface area contributed by atoms with Crippen molar-refractivity contribution in [3.05, 3.63) is 34.6 Å². The molecule has 4 heteroatoms. The topological polar surface area (TPSA) is 35.8 Å². The van der Waals surface area contributed by atoms with E-state index in [0.717, 1.165) is 12.0 Å². The normalized spacial score (nSPS) is 9.79. The highest BCUT2D eigenvalue weighted by atomic mass is 35.5. The Morgan fingerprint density at radius 2 is 2.29 bits per heavy atom. The van der Waals surface area contributed by atoms with Crippen molar-refractivity contribution in [3.63, 3.8) is 0 Å². The quantitative estimate of drug-likeness (QED) is 0.613. The summed E-state index contributed by atoms with van der Waals surface area (Å²) in [5, 5.41) is 11.3. The molecule has 0 saturated carbocycles. The fourth-order valence-electron chi connectivity index (χ4n) is 1.07. The fraction of sp³-hybridized carbons (Fsp3) is 0.300. The highest BCUT2D eigenvalue weighted by Crippen LogP contribution is 2.15. The van der Waals surface area contributed by atoms with Crippen molar-refractivity contribution < 1.29 is 4.39 Å². The van der Waals surface area contributed by atoms with Gasteiger partial charge in [-0.1, -0.05) is 17.7 Å². The van der Waals surface area contributed by atoms with Crippen LogP contribution < -0.4 is 5.32 Å². The second-order valence-electron chi connectivity index (χ2n) is 2.83. The molecule has 0 aliphatic heterocycles. The lowest BCUT2D eigenvalue weighted by atomic mass is 10.1. The van der Waals surface area contributed by atoms with Crippen LogP contribution >= 0.6 is 11.6 Å². The first-order valence-electron chi connectivity index (χ1n) is 4.25. The molecule has 1 aromatic rings. The van der Waals surface area contributed by atoms with Crippen LogP contribution in [0.5, 0.6) is 0 Å². The summed E-state index contributed by atoms with van der Waals surface area (Å²) in [4.78, 5) is 0. The number of nitrogens with zero attached hydrogens (tertiary/aromatic N) is 1. The highest BCUT2D eigenvalue weighted by molar-refractivity contribution is 6.30. The third-order valence-corrected chi connectivity index (χ3v) is 2.07. The molecule has 0 unspecified atom stereocenters. The minimum Gasteiger partial charge on any atom is -0.304 e. The van der Waals surface area contributed by atoms with Gasteiger partial charge in [0.1, 0.15) is 5.82 Å². The largest absolute Gasteiger partial charge is 0.304 e. The molecule has 74 valence electrons. The van der Waals surface area contributed by atoms with Crippen LogP contribution in [0, 0.1) is 17.1 Å². The molecule has 0 fully saturated rings. The zero-order valence-electron chi connectivity index (χ0n) is 7.56. The number of hydrogen-bond acceptors (Lipinski definition) is 2. The minimum absolute atomic E-state index is 0.141. The number of nitriles is 1. The molecule has 1 N–H and O–H groups in total. The Morgan fingerprint density at radius 3 is 2.93 bits per heavy atom. The molecule has 0 bridgehead atoms. The minimum atomic E-state index is -0.402. The molecule has 0 aromatic heterocycles. The second kappa shape index (κ2) is 5.58. The molecule has 0 heterocycles. The van der Waals surface area contributed by atoms with Gasteiger partial charge < -0.3 is 5.32 Å². The summed E-state index contributed by atoms with van der Waals surface area (Å²) in [6.45, 7) is 1.02. The maximum atomic E-state index is 12.8. The Morgan fingerprint density at radius 1 is 1.50 bits per heavy atom. The Labute approximate surface area is 87.3 Å². The van der Waals surface area contributed by atoms with Crippen molar-refractivity contribution in [2.24, 2.45) is 0 Å². The molecule has 0 spiro atoms. The van der Waals surface area contributed by atoms with Gasteiger partial charge in [0.25, 0.3) is 0 Å². The van der Waals surface area contributed by atoms with Crippen LogP contribution in [0.3, 0.4) is 0 Å². The van der Waals surface area contributed by atoms with Gasteiger partial charge in [0.2, 0.25) is 0 Å². The lowest BCUT2D eigenvalue weighted by molar-refractivity contribution is 0.627. The van der Waals surface area contributed by atoms with Crippen LogP contribution in [0.2, 0.25) is 5.02 Å². The summed E-state index contributed by atoms with van der Waals surface area (Å²) in [5.74, 6) is -0.402. The van der Waals surface area contributed by atoms with E-state index in [4.69, 9.17) is 16.9 Å². The lowest BCUT2D eigenvalue weighted by Gasteiger charge is -2.02. The zero-order chi connectivity index (χ0) is 10.4. The maximum Gasteiger partial charge on any atom is 0.141 e. The van der Waals surface area contributed by atoms with Crippen molar-refractivity contribution in [1.29, 1.82) is 5.26 Å². The number of hydrogen-bond donors (Lipinski definition) is 1. The number of halogens is 2. The Hall–Kier alpha value is -1.11. The van der Waals surface area contributed by atoms with Crippen LogP contribution in [0.4, 0.5) is 4.39 Å². The molecule has 0 aliphatic carbocycles. The molecule has 1 aromatic carbocycles. The molecule has 0 radical (unpaired) electrons. The Bertz CT molecular complexity index is 346. The lowest BCUT2D eigenvalue weighted by Crippen LogP contribution is -2.17. The molecule has 14 heavy (non-hydrogen) atoms. The monoisotopic (exact) mass is 212 g/mol. The molecule has 0 atom stereocenters. The van der Waals surface area contributed by atoms with Gasteiger partial charge in [0.05, 0.1) is 17.6 Å². The predicted octanol–water partition coefficient (Wildman–Crippen LogP) is 2.13. The van der Waals surface area contributed by atoms with Crippen LogP contribution in [0.15, 0.2) is 18.2 Å². The fourth-order valence-corrected chi connectivity index (χ4v) is 1.28. The average Bonchev–Trinajstić information content (AvgIpc) is 2.18. The van der Waals surface area contributed by atoms with E-state index in [1.807, 2.05) is 6.07 Å². The maximum absolute atomic E-state index is 12.8. The van der Waals surface area contributed by atoms with Gasteiger partial charge in [-0.05, 0) is 24.1 Å². The smallest absolute Gasteiger partial charge is 0.141 e. The van der Waals surface area contributed by atoms with Crippen molar-refractivity contribution in [3.8, 4) is 6.07 Å². The molecule has 0 aliphatic rings. The summed E-state index contributed by atoms with van der Waals surface area (Å²) in [6, 6.07) is 6.62. The van der Waals surface area contributed by atoms with E-state index < -0.39 is 5.82 Å². The van der Waals surface area contributed by atoms with Crippen molar-refractivity contribution in [2.75, 3.05) is 13.1 Å². The van der Waals surface area contributed by atoms with Crippen LogP contribution in [-0.2, 0) is 6.42 Å². The number of nitrogens with one attached hydrogen (secondary N) is 1. The molecule has 2 nitrogen and oxygen atoms in total. The molecular weight excluding hydrogens is 203 g/mol. The van der Waals surface area contributed by atoms with E-state index in [1.54, 1.807) is 12.1 Å². The average molecular weight is 213 g/mol. The molecule has 0 amide bonds. The molecule has 0 saturated heterocycles. The van der Waals surface area contributed by atoms with E-state index in [2.05, 4.69) is 5.32 Å². The highest BCUT2D eigenvalue weighted by Gasteiger charge is 2.00. The first-order valence-corrected chi connectivity index (χ1v) is 4.63. The van der Waals surface area contributed by atoms with E-state index in [-0.39, 0.29) is 5.02 Å². The van der Waals surface area contributed by atoms with E-state index in [1.165, 1.54) is 6.07 Å². The van der Waals surface area contributed by atoms with Crippen molar-refractivity contribution >= 4 is 11.6 Å². The van der Waals surface area contributed by atoms with E-state index in [0.29, 0.717) is 13.1 Å². The van der Waals surface area contributed by atoms with E-state index in [9.17, 15) is 4.39 Å². The van der Waals surface area contributed by atoms with Crippen molar-refractivity contribution in [2.45, 2.75) is 6.42 Å². The van der Waals surface area contributed by atoms with Gasteiger partial charge in [-0.25, -0.2) is 4.39 Å². The van der Waals surface area contributed by atoms with Gasteiger partial charge in [0, 0.05) is 6.54 Å². The van der Waals surface area contributed by atoms with Gasteiger partial charge in [0.15, 0.2) is 0 Å². The summed E-state index contributed by atoms with van der Waals surface area (Å²) in [5.41, 5.74) is 0.960. The van der Waals surface area contributed by atoms with Crippen LogP contribution in [-0.4, -0.2) is 13.1 Å². The Balaban J connectivity index is 2.44. The number of benzene rings is 1. The van der Waals surface area contributed by atoms with Gasteiger partial charge >= 0.3 is 0 Å².